The minimum Gasteiger partial charge on any atom is -0.486 e. The molecule has 1 aromatic rings. The van der Waals surface area contributed by atoms with E-state index in [0.717, 1.165) is 12.2 Å². The average Bonchev–Trinajstić information content (AvgIpc) is 2.39. The minimum absolute atomic E-state index is 0.239. The third-order valence-electron chi connectivity index (χ3n) is 3.56. The molecule has 0 aliphatic heterocycles. The first-order valence-corrected chi connectivity index (χ1v) is 6.82. The molecule has 1 aromatic carbocycles. The number of hydrogen-bond acceptors (Lipinski definition) is 2. The largest absolute Gasteiger partial charge is 0.486 e. The summed E-state index contributed by atoms with van der Waals surface area (Å²) in [4.78, 5) is 0. The van der Waals surface area contributed by atoms with Gasteiger partial charge >= 0.3 is 0 Å². The van der Waals surface area contributed by atoms with Crippen molar-refractivity contribution in [3.8, 4) is 5.75 Å². The molecule has 18 heavy (non-hydrogen) atoms. The maximum Gasteiger partial charge on any atom is 0.125 e. The summed E-state index contributed by atoms with van der Waals surface area (Å²) in [6.45, 7) is 4.27. The van der Waals surface area contributed by atoms with E-state index in [1.165, 1.54) is 24.0 Å². The van der Waals surface area contributed by atoms with Crippen molar-refractivity contribution >= 4 is 0 Å². The smallest absolute Gasteiger partial charge is 0.125 e. The first kappa shape index (κ1) is 13.2. The van der Waals surface area contributed by atoms with Crippen LogP contribution in [0.4, 0.5) is 0 Å². The molecule has 2 heteroatoms. The summed E-state index contributed by atoms with van der Waals surface area (Å²) in [5.41, 5.74) is 2.49. The van der Waals surface area contributed by atoms with Crippen LogP contribution in [0, 0.1) is 6.92 Å². The molecule has 0 amide bonds. The number of ether oxygens (including phenoxy) is 1. The lowest BCUT2D eigenvalue weighted by Crippen LogP contribution is -2.19. The molecule has 0 heterocycles. The van der Waals surface area contributed by atoms with Crippen LogP contribution in [0.2, 0.25) is 0 Å². The van der Waals surface area contributed by atoms with Crippen molar-refractivity contribution in [1.29, 1.82) is 0 Å². The molecule has 0 saturated carbocycles. The summed E-state index contributed by atoms with van der Waals surface area (Å²) >= 11 is 0. The van der Waals surface area contributed by atoms with Gasteiger partial charge in [-0.2, -0.15) is 0 Å². The van der Waals surface area contributed by atoms with Gasteiger partial charge in [0, 0.05) is 11.6 Å². The van der Waals surface area contributed by atoms with Crippen LogP contribution >= 0.6 is 0 Å². The van der Waals surface area contributed by atoms with E-state index in [4.69, 9.17) is 4.74 Å². The quantitative estimate of drug-likeness (QED) is 0.815. The van der Waals surface area contributed by atoms with Gasteiger partial charge in [0.05, 0.1) is 0 Å². The summed E-state index contributed by atoms with van der Waals surface area (Å²) in [5, 5.41) is 3.28. The molecule has 0 spiro atoms. The van der Waals surface area contributed by atoms with Gasteiger partial charge in [0.15, 0.2) is 0 Å². The first-order chi connectivity index (χ1) is 8.70. The zero-order valence-electron chi connectivity index (χ0n) is 11.6. The molecule has 0 radical (unpaired) electrons. The van der Waals surface area contributed by atoms with Crippen molar-refractivity contribution in [2.24, 2.45) is 0 Å². The zero-order valence-corrected chi connectivity index (χ0v) is 11.6. The highest BCUT2D eigenvalue weighted by Crippen LogP contribution is 2.28. The molecule has 1 aliphatic carbocycles. The third-order valence-corrected chi connectivity index (χ3v) is 3.56. The second kappa shape index (κ2) is 6.05. The highest BCUT2D eigenvalue weighted by atomic mass is 16.5. The van der Waals surface area contributed by atoms with Gasteiger partial charge in [-0.1, -0.05) is 18.2 Å². The van der Waals surface area contributed by atoms with E-state index in [9.17, 15) is 0 Å². The Morgan fingerprint density at radius 3 is 2.89 bits per heavy atom. The van der Waals surface area contributed by atoms with E-state index in [1.54, 1.807) is 0 Å². The van der Waals surface area contributed by atoms with Crippen LogP contribution in [0.15, 0.2) is 30.4 Å². The number of benzene rings is 1. The van der Waals surface area contributed by atoms with Gasteiger partial charge in [0.2, 0.25) is 0 Å². The molecule has 2 unspecified atom stereocenters. The van der Waals surface area contributed by atoms with Crippen LogP contribution in [0.1, 0.15) is 43.4 Å². The molecule has 2 rings (SSSR count). The molecule has 0 aromatic heterocycles. The van der Waals surface area contributed by atoms with Crippen LogP contribution in [-0.2, 0) is 0 Å². The highest BCUT2D eigenvalue weighted by molar-refractivity contribution is 5.39. The van der Waals surface area contributed by atoms with Crippen molar-refractivity contribution in [1.82, 2.24) is 5.32 Å². The van der Waals surface area contributed by atoms with Gasteiger partial charge in [-0.05, 0) is 57.9 Å². The Labute approximate surface area is 110 Å². The SMILES string of the molecule is CNC(C)c1ccc(C)cc1OC1C=CCCC1. The highest BCUT2D eigenvalue weighted by Gasteiger charge is 2.15. The van der Waals surface area contributed by atoms with Gasteiger partial charge in [-0.3, -0.25) is 0 Å². The maximum absolute atomic E-state index is 6.16. The Balaban J connectivity index is 2.21. The Kier molecular flexibility index (Phi) is 4.43. The van der Waals surface area contributed by atoms with Crippen molar-refractivity contribution in [3.63, 3.8) is 0 Å². The monoisotopic (exact) mass is 245 g/mol. The van der Waals surface area contributed by atoms with Crippen LogP contribution in [0.25, 0.3) is 0 Å². The summed E-state index contributed by atoms with van der Waals surface area (Å²) in [6.07, 6.45) is 8.20. The van der Waals surface area contributed by atoms with Gasteiger partial charge in [0.25, 0.3) is 0 Å². The fourth-order valence-corrected chi connectivity index (χ4v) is 2.30. The molecular formula is C16H23NO. The summed E-state index contributed by atoms with van der Waals surface area (Å²) in [5.74, 6) is 1.02. The standard InChI is InChI=1S/C16H23NO/c1-12-9-10-15(13(2)17-3)16(11-12)18-14-7-5-4-6-8-14/h5,7,9-11,13-14,17H,4,6,8H2,1-3H3. The summed E-state index contributed by atoms with van der Waals surface area (Å²) < 4.78 is 6.16. The van der Waals surface area contributed by atoms with Crippen molar-refractivity contribution in [2.45, 2.75) is 45.3 Å². The number of rotatable bonds is 4. The average molecular weight is 245 g/mol. The summed E-state index contributed by atoms with van der Waals surface area (Å²) in [6, 6.07) is 6.77. The topological polar surface area (TPSA) is 21.3 Å². The second-order valence-electron chi connectivity index (χ2n) is 5.07. The fraction of sp³-hybridized carbons (Fsp3) is 0.500. The number of aryl methyl sites for hydroxylation is 1. The second-order valence-corrected chi connectivity index (χ2v) is 5.07. The molecular weight excluding hydrogens is 222 g/mol. The molecule has 0 bridgehead atoms. The van der Waals surface area contributed by atoms with Crippen LogP contribution in [0.3, 0.4) is 0 Å². The van der Waals surface area contributed by atoms with Crippen molar-refractivity contribution < 1.29 is 4.74 Å². The van der Waals surface area contributed by atoms with Gasteiger partial charge in [0.1, 0.15) is 11.9 Å². The predicted molar refractivity (Wildman–Crippen MR) is 76.1 cm³/mol. The molecule has 1 aliphatic rings. The molecule has 98 valence electrons. The van der Waals surface area contributed by atoms with Gasteiger partial charge in [-0.15, -0.1) is 0 Å². The molecule has 2 atom stereocenters. The van der Waals surface area contributed by atoms with E-state index in [1.807, 2.05) is 7.05 Å². The van der Waals surface area contributed by atoms with E-state index in [0.29, 0.717) is 6.04 Å². The molecule has 0 fully saturated rings. The van der Waals surface area contributed by atoms with Crippen molar-refractivity contribution in [3.05, 3.63) is 41.5 Å². The van der Waals surface area contributed by atoms with Crippen LogP contribution in [0.5, 0.6) is 5.75 Å². The molecule has 2 nitrogen and oxygen atoms in total. The summed E-state index contributed by atoms with van der Waals surface area (Å²) in [7, 11) is 1.98. The predicted octanol–water partition coefficient (Wildman–Crippen LogP) is 3.76. The van der Waals surface area contributed by atoms with Crippen LogP contribution in [-0.4, -0.2) is 13.2 Å². The first-order valence-electron chi connectivity index (χ1n) is 6.82. The lowest BCUT2D eigenvalue weighted by Gasteiger charge is -2.23. The van der Waals surface area contributed by atoms with Gasteiger partial charge in [-0.25, -0.2) is 0 Å². The fourth-order valence-electron chi connectivity index (χ4n) is 2.30. The van der Waals surface area contributed by atoms with Crippen molar-refractivity contribution in [2.75, 3.05) is 7.05 Å². The molecule has 1 N–H and O–H groups in total. The van der Waals surface area contributed by atoms with E-state index in [-0.39, 0.29) is 6.10 Å². The lowest BCUT2D eigenvalue weighted by molar-refractivity contribution is 0.226. The third kappa shape index (κ3) is 3.14. The normalized spacial score (nSPS) is 20.7. The van der Waals surface area contributed by atoms with E-state index < -0.39 is 0 Å². The van der Waals surface area contributed by atoms with E-state index in [2.05, 4.69) is 49.5 Å². The lowest BCUT2D eigenvalue weighted by atomic mass is 10.0. The Hall–Kier alpha value is -1.28. The number of allylic oxidation sites excluding steroid dienone is 1. The maximum atomic E-state index is 6.16. The zero-order chi connectivity index (χ0) is 13.0. The Morgan fingerprint density at radius 1 is 1.39 bits per heavy atom. The minimum atomic E-state index is 0.239. The number of nitrogens with one attached hydrogen (secondary N) is 1. The molecule has 0 saturated heterocycles. The Bertz CT molecular complexity index is 425. The number of hydrogen-bond donors (Lipinski definition) is 1. The van der Waals surface area contributed by atoms with E-state index >= 15 is 0 Å². The van der Waals surface area contributed by atoms with Crippen LogP contribution < -0.4 is 10.1 Å². The van der Waals surface area contributed by atoms with Gasteiger partial charge < -0.3 is 10.1 Å². The Morgan fingerprint density at radius 2 is 2.22 bits per heavy atom.